The van der Waals surface area contributed by atoms with Gasteiger partial charge in [0.05, 0.1) is 5.75 Å². The largest absolute Gasteiger partial charge is 0.342 e. The Balaban J connectivity index is 2.36. The van der Waals surface area contributed by atoms with Crippen molar-refractivity contribution in [3.63, 3.8) is 0 Å². The van der Waals surface area contributed by atoms with E-state index >= 15 is 0 Å². The van der Waals surface area contributed by atoms with Crippen molar-refractivity contribution >= 4 is 17.7 Å². The first-order valence-electron chi connectivity index (χ1n) is 4.67. The van der Waals surface area contributed by atoms with Crippen molar-refractivity contribution in [1.82, 2.24) is 4.90 Å². The summed E-state index contributed by atoms with van der Waals surface area (Å²) < 4.78 is 0. The Morgan fingerprint density at radius 3 is 2.92 bits per heavy atom. The number of likely N-dealkylation sites (tertiary alicyclic amines) is 1. The number of nitrogens with zero attached hydrogens (tertiary/aromatic N) is 1. The molecular formula is C9H18N2OS. The van der Waals surface area contributed by atoms with E-state index in [1.807, 2.05) is 18.1 Å². The zero-order valence-electron chi connectivity index (χ0n) is 8.32. The third-order valence-electron chi connectivity index (χ3n) is 2.59. The number of carbonyl (C=O) groups excluding carboxylic acids is 1. The van der Waals surface area contributed by atoms with Gasteiger partial charge in [-0.25, -0.2) is 0 Å². The van der Waals surface area contributed by atoms with E-state index in [1.54, 1.807) is 11.8 Å². The van der Waals surface area contributed by atoms with Crippen molar-refractivity contribution in [3.8, 4) is 0 Å². The van der Waals surface area contributed by atoms with Crippen LogP contribution in [0, 0.1) is 5.92 Å². The van der Waals surface area contributed by atoms with Gasteiger partial charge < -0.3 is 10.6 Å². The molecule has 1 saturated heterocycles. The minimum Gasteiger partial charge on any atom is -0.342 e. The van der Waals surface area contributed by atoms with Gasteiger partial charge in [0.25, 0.3) is 0 Å². The van der Waals surface area contributed by atoms with E-state index in [0.29, 0.717) is 11.7 Å². The minimum absolute atomic E-state index is 0.215. The van der Waals surface area contributed by atoms with Crippen LogP contribution in [0.5, 0.6) is 0 Å². The Labute approximate surface area is 84.0 Å². The Kier molecular flexibility index (Phi) is 4.06. The molecule has 1 rings (SSSR count). The van der Waals surface area contributed by atoms with Crippen LogP contribution < -0.4 is 5.73 Å². The monoisotopic (exact) mass is 202 g/mol. The normalized spacial score (nSPS) is 24.8. The van der Waals surface area contributed by atoms with E-state index in [-0.39, 0.29) is 11.9 Å². The predicted molar refractivity (Wildman–Crippen MR) is 56.7 cm³/mol. The molecule has 2 N–H and O–H groups in total. The van der Waals surface area contributed by atoms with Gasteiger partial charge >= 0.3 is 0 Å². The van der Waals surface area contributed by atoms with Gasteiger partial charge in [-0.15, -0.1) is 0 Å². The van der Waals surface area contributed by atoms with Gasteiger partial charge in [0, 0.05) is 19.1 Å². The van der Waals surface area contributed by atoms with Gasteiger partial charge in [0.1, 0.15) is 0 Å². The zero-order chi connectivity index (χ0) is 9.84. The molecule has 0 saturated carbocycles. The number of carbonyl (C=O) groups is 1. The van der Waals surface area contributed by atoms with Crippen molar-refractivity contribution in [3.05, 3.63) is 0 Å². The molecule has 0 aromatic heterocycles. The van der Waals surface area contributed by atoms with Crippen molar-refractivity contribution in [2.24, 2.45) is 11.7 Å². The number of hydrogen-bond donors (Lipinski definition) is 1. The molecule has 1 aliphatic rings. The maximum absolute atomic E-state index is 11.5. The average molecular weight is 202 g/mol. The second-order valence-electron chi connectivity index (χ2n) is 3.68. The molecule has 1 fully saturated rings. The lowest BCUT2D eigenvalue weighted by Gasteiger charge is -2.17. The van der Waals surface area contributed by atoms with Crippen LogP contribution in [0.25, 0.3) is 0 Å². The average Bonchev–Trinajstić information content (AvgIpc) is 2.52. The predicted octanol–water partition coefficient (Wildman–Crippen LogP) is 0.545. The van der Waals surface area contributed by atoms with Crippen LogP contribution in [-0.4, -0.2) is 41.9 Å². The summed E-state index contributed by atoms with van der Waals surface area (Å²) in [6, 6.07) is 0.215. The number of rotatable bonds is 3. The fourth-order valence-electron chi connectivity index (χ4n) is 1.66. The van der Waals surface area contributed by atoms with Gasteiger partial charge in [-0.05, 0) is 25.5 Å². The summed E-state index contributed by atoms with van der Waals surface area (Å²) >= 11 is 1.58. The van der Waals surface area contributed by atoms with E-state index in [0.717, 1.165) is 19.5 Å². The molecule has 76 valence electrons. The smallest absolute Gasteiger partial charge is 0.232 e. The first kappa shape index (κ1) is 10.9. The molecule has 4 heteroatoms. The summed E-state index contributed by atoms with van der Waals surface area (Å²) in [7, 11) is 0. The summed E-state index contributed by atoms with van der Waals surface area (Å²) in [5, 5.41) is 0. The standard InChI is InChI=1S/C9H18N2OS/c1-7(10)8-3-4-11(5-8)9(12)6-13-2/h7-8H,3-6,10H2,1-2H3. The van der Waals surface area contributed by atoms with Crippen LogP contribution in [0.15, 0.2) is 0 Å². The van der Waals surface area contributed by atoms with Crippen molar-refractivity contribution < 1.29 is 4.79 Å². The van der Waals surface area contributed by atoms with Crippen LogP contribution in [0.4, 0.5) is 0 Å². The van der Waals surface area contributed by atoms with Gasteiger partial charge in [-0.1, -0.05) is 0 Å². The number of hydrogen-bond acceptors (Lipinski definition) is 3. The highest BCUT2D eigenvalue weighted by molar-refractivity contribution is 7.99. The first-order valence-corrected chi connectivity index (χ1v) is 6.07. The topological polar surface area (TPSA) is 46.3 Å². The van der Waals surface area contributed by atoms with E-state index in [9.17, 15) is 4.79 Å². The molecule has 1 heterocycles. The van der Waals surface area contributed by atoms with Gasteiger partial charge in [-0.2, -0.15) is 11.8 Å². The molecule has 0 aromatic carbocycles. The van der Waals surface area contributed by atoms with Gasteiger partial charge in [0.15, 0.2) is 0 Å². The summed E-state index contributed by atoms with van der Waals surface area (Å²) in [4.78, 5) is 13.4. The molecule has 0 aromatic rings. The Morgan fingerprint density at radius 2 is 2.46 bits per heavy atom. The van der Waals surface area contributed by atoms with Crippen LogP contribution in [0.2, 0.25) is 0 Å². The molecule has 0 bridgehead atoms. The zero-order valence-corrected chi connectivity index (χ0v) is 9.14. The van der Waals surface area contributed by atoms with Crippen molar-refractivity contribution in [2.75, 3.05) is 25.1 Å². The molecule has 2 unspecified atom stereocenters. The molecular weight excluding hydrogens is 184 g/mol. The summed E-state index contributed by atoms with van der Waals surface area (Å²) in [6.45, 7) is 3.77. The third-order valence-corrected chi connectivity index (χ3v) is 3.12. The van der Waals surface area contributed by atoms with Crippen LogP contribution in [0.1, 0.15) is 13.3 Å². The quantitative estimate of drug-likeness (QED) is 0.727. The molecule has 0 aliphatic carbocycles. The van der Waals surface area contributed by atoms with Crippen molar-refractivity contribution in [2.45, 2.75) is 19.4 Å². The van der Waals surface area contributed by atoms with Gasteiger partial charge in [0.2, 0.25) is 5.91 Å². The van der Waals surface area contributed by atoms with E-state index < -0.39 is 0 Å². The summed E-state index contributed by atoms with van der Waals surface area (Å²) in [5.74, 6) is 1.37. The molecule has 0 radical (unpaired) electrons. The second-order valence-corrected chi connectivity index (χ2v) is 4.55. The molecule has 1 aliphatic heterocycles. The molecule has 2 atom stereocenters. The number of amides is 1. The summed E-state index contributed by atoms with van der Waals surface area (Å²) in [6.07, 6.45) is 3.02. The SMILES string of the molecule is CSCC(=O)N1CCC(C(C)N)C1. The maximum atomic E-state index is 11.5. The van der Waals surface area contributed by atoms with E-state index in [1.165, 1.54) is 0 Å². The molecule has 3 nitrogen and oxygen atoms in total. The maximum Gasteiger partial charge on any atom is 0.232 e. The molecule has 1 amide bonds. The lowest BCUT2D eigenvalue weighted by molar-refractivity contribution is -0.127. The van der Waals surface area contributed by atoms with Gasteiger partial charge in [-0.3, -0.25) is 4.79 Å². The highest BCUT2D eigenvalue weighted by Gasteiger charge is 2.27. The summed E-state index contributed by atoms with van der Waals surface area (Å²) in [5.41, 5.74) is 5.79. The lowest BCUT2D eigenvalue weighted by Crippen LogP contribution is -2.33. The Bertz CT molecular complexity index is 184. The fourth-order valence-corrected chi connectivity index (χ4v) is 2.09. The van der Waals surface area contributed by atoms with Crippen LogP contribution in [-0.2, 0) is 4.79 Å². The van der Waals surface area contributed by atoms with E-state index in [2.05, 4.69) is 0 Å². The fraction of sp³-hybridized carbons (Fsp3) is 0.889. The number of nitrogens with two attached hydrogens (primary N) is 1. The number of thioether (sulfide) groups is 1. The van der Waals surface area contributed by atoms with Crippen LogP contribution in [0.3, 0.4) is 0 Å². The van der Waals surface area contributed by atoms with Crippen molar-refractivity contribution in [1.29, 1.82) is 0 Å². The van der Waals surface area contributed by atoms with Crippen LogP contribution >= 0.6 is 11.8 Å². The molecule has 0 spiro atoms. The highest BCUT2D eigenvalue weighted by atomic mass is 32.2. The molecule has 13 heavy (non-hydrogen) atoms. The van der Waals surface area contributed by atoms with E-state index in [4.69, 9.17) is 5.73 Å². The third kappa shape index (κ3) is 2.88. The second kappa shape index (κ2) is 4.86. The Morgan fingerprint density at radius 1 is 1.77 bits per heavy atom. The lowest BCUT2D eigenvalue weighted by atomic mass is 10.0. The minimum atomic E-state index is 0.215. The first-order chi connectivity index (χ1) is 6.15. The Hall–Kier alpha value is -0.220. The highest BCUT2D eigenvalue weighted by Crippen LogP contribution is 2.19.